The van der Waals surface area contributed by atoms with Gasteiger partial charge in [0, 0.05) is 23.2 Å². The van der Waals surface area contributed by atoms with E-state index in [9.17, 15) is 4.79 Å². The van der Waals surface area contributed by atoms with Gasteiger partial charge in [0.25, 0.3) is 5.91 Å². The zero-order valence-corrected chi connectivity index (χ0v) is 12.4. The summed E-state index contributed by atoms with van der Waals surface area (Å²) in [7, 11) is 0. The molecule has 0 aliphatic carbocycles. The molecule has 1 aliphatic heterocycles. The van der Waals surface area contributed by atoms with Crippen molar-refractivity contribution >= 4 is 29.0 Å². The van der Waals surface area contributed by atoms with Crippen molar-refractivity contribution in [2.45, 2.75) is 26.3 Å². The lowest BCUT2D eigenvalue weighted by atomic mass is 10.1. The Hall–Kier alpha value is -1.94. The first-order valence-electron chi connectivity index (χ1n) is 6.66. The molecule has 1 aromatic carbocycles. The molecule has 0 radical (unpaired) electrons. The second-order valence-electron chi connectivity index (χ2n) is 5.01. The van der Waals surface area contributed by atoms with E-state index in [1.54, 1.807) is 23.5 Å². The minimum Gasteiger partial charge on any atom is -0.305 e. The van der Waals surface area contributed by atoms with Gasteiger partial charge in [0.15, 0.2) is 0 Å². The highest BCUT2D eigenvalue weighted by Crippen LogP contribution is 2.31. The van der Waals surface area contributed by atoms with E-state index in [-0.39, 0.29) is 11.9 Å². The van der Waals surface area contributed by atoms with Gasteiger partial charge in [-0.15, -0.1) is 11.3 Å². The van der Waals surface area contributed by atoms with Crippen molar-refractivity contribution in [3.05, 3.63) is 52.0 Å². The van der Waals surface area contributed by atoms with Gasteiger partial charge in [-0.05, 0) is 38.0 Å². The molecule has 1 aliphatic rings. The molecular formula is C16H16N2OS. The van der Waals surface area contributed by atoms with Gasteiger partial charge in [-0.25, -0.2) is 4.98 Å². The van der Waals surface area contributed by atoms with Crippen LogP contribution in [0.2, 0.25) is 0 Å². The van der Waals surface area contributed by atoms with Gasteiger partial charge in [0.2, 0.25) is 0 Å². The number of para-hydroxylation sites is 1. The first-order valence-corrected chi connectivity index (χ1v) is 7.54. The fourth-order valence-electron chi connectivity index (χ4n) is 2.60. The molecule has 102 valence electrons. The summed E-state index contributed by atoms with van der Waals surface area (Å²) in [6.07, 6.45) is 4.33. The molecule has 0 saturated heterocycles. The normalized spacial score (nSPS) is 17.7. The molecule has 0 fully saturated rings. The molecule has 1 atom stereocenters. The van der Waals surface area contributed by atoms with E-state index in [2.05, 4.69) is 18.0 Å². The van der Waals surface area contributed by atoms with Gasteiger partial charge in [0.1, 0.15) is 0 Å². The van der Waals surface area contributed by atoms with Gasteiger partial charge in [-0.2, -0.15) is 0 Å². The monoisotopic (exact) mass is 284 g/mol. The summed E-state index contributed by atoms with van der Waals surface area (Å²) < 4.78 is 0. The lowest BCUT2D eigenvalue weighted by Gasteiger charge is -2.20. The SMILES string of the molecule is Cc1nc(/C=C/C(=O)N2c3ccccc3CC2C)cs1. The number of benzene rings is 1. The van der Waals surface area contributed by atoms with Crippen LogP contribution >= 0.6 is 11.3 Å². The van der Waals surface area contributed by atoms with E-state index in [0.717, 1.165) is 22.8 Å². The zero-order valence-electron chi connectivity index (χ0n) is 11.5. The number of amides is 1. The van der Waals surface area contributed by atoms with Gasteiger partial charge in [0.05, 0.1) is 10.7 Å². The lowest BCUT2D eigenvalue weighted by Crippen LogP contribution is -2.34. The van der Waals surface area contributed by atoms with E-state index in [1.807, 2.05) is 35.4 Å². The predicted octanol–water partition coefficient (Wildman–Crippen LogP) is 3.44. The van der Waals surface area contributed by atoms with Crippen molar-refractivity contribution in [2.75, 3.05) is 4.90 Å². The van der Waals surface area contributed by atoms with Gasteiger partial charge >= 0.3 is 0 Å². The van der Waals surface area contributed by atoms with Gasteiger partial charge in [-0.3, -0.25) is 4.79 Å². The third kappa shape index (κ3) is 2.39. The van der Waals surface area contributed by atoms with E-state index in [1.165, 1.54) is 5.56 Å². The van der Waals surface area contributed by atoms with Gasteiger partial charge in [-0.1, -0.05) is 18.2 Å². The molecule has 0 bridgehead atoms. The summed E-state index contributed by atoms with van der Waals surface area (Å²) >= 11 is 1.59. The van der Waals surface area contributed by atoms with Crippen LogP contribution in [0.4, 0.5) is 5.69 Å². The lowest BCUT2D eigenvalue weighted by molar-refractivity contribution is -0.114. The van der Waals surface area contributed by atoms with Crippen molar-refractivity contribution < 1.29 is 4.79 Å². The standard InChI is InChI=1S/C16H16N2OS/c1-11-9-13-5-3-4-6-15(13)18(11)16(19)8-7-14-10-20-12(2)17-14/h3-8,10-11H,9H2,1-2H3/b8-7+. The van der Waals surface area contributed by atoms with Crippen LogP contribution in [0.25, 0.3) is 6.08 Å². The topological polar surface area (TPSA) is 33.2 Å². The Bertz CT molecular complexity index is 675. The second-order valence-corrected chi connectivity index (χ2v) is 6.08. The third-order valence-corrected chi connectivity index (χ3v) is 4.27. The van der Waals surface area contributed by atoms with Crippen LogP contribution in [0.15, 0.2) is 35.7 Å². The zero-order chi connectivity index (χ0) is 14.1. The van der Waals surface area contributed by atoms with Crippen molar-refractivity contribution in [3.63, 3.8) is 0 Å². The number of anilines is 1. The smallest absolute Gasteiger partial charge is 0.251 e. The molecule has 4 heteroatoms. The summed E-state index contributed by atoms with van der Waals surface area (Å²) in [4.78, 5) is 18.6. The Morgan fingerprint density at radius 1 is 1.45 bits per heavy atom. The van der Waals surface area contributed by atoms with Crippen LogP contribution in [0.1, 0.15) is 23.2 Å². The van der Waals surface area contributed by atoms with Crippen LogP contribution in [0, 0.1) is 6.92 Å². The first kappa shape index (κ1) is 13.1. The second kappa shape index (κ2) is 5.21. The molecule has 2 aromatic rings. The Balaban J connectivity index is 1.82. The Morgan fingerprint density at radius 3 is 3.00 bits per heavy atom. The fourth-order valence-corrected chi connectivity index (χ4v) is 3.18. The molecule has 1 amide bonds. The van der Waals surface area contributed by atoms with Crippen LogP contribution < -0.4 is 4.90 Å². The molecule has 0 spiro atoms. The molecular weight excluding hydrogens is 268 g/mol. The Labute approximate surface area is 122 Å². The Morgan fingerprint density at radius 2 is 2.25 bits per heavy atom. The highest BCUT2D eigenvalue weighted by molar-refractivity contribution is 7.09. The van der Waals surface area contributed by atoms with E-state index in [0.29, 0.717) is 0 Å². The van der Waals surface area contributed by atoms with Crippen molar-refractivity contribution in [1.82, 2.24) is 4.98 Å². The minimum absolute atomic E-state index is 0.0214. The number of aromatic nitrogens is 1. The van der Waals surface area contributed by atoms with Crippen LogP contribution in [-0.2, 0) is 11.2 Å². The van der Waals surface area contributed by atoms with Crippen molar-refractivity contribution in [1.29, 1.82) is 0 Å². The number of carbonyl (C=O) groups is 1. The molecule has 0 N–H and O–H groups in total. The van der Waals surface area contributed by atoms with Gasteiger partial charge < -0.3 is 4.90 Å². The summed E-state index contributed by atoms with van der Waals surface area (Å²) in [5, 5.41) is 2.97. The fraction of sp³-hybridized carbons (Fsp3) is 0.250. The maximum atomic E-state index is 12.4. The number of thiazole rings is 1. The average Bonchev–Trinajstić information content (AvgIpc) is 2.98. The van der Waals surface area contributed by atoms with Crippen LogP contribution in [0.5, 0.6) is 0 Å². The predicted molar refractivity (Wildman–Crippen MR) is 83.0 cm³/mol. The summed E-state index contributed by atoms with van der Waals surface area (Å²) in [6, 6.07) is 8.31. The molecule has 3 nitrogen and oxygen atoms in total. The summed E-state index contributed by atoms with van der Waals surface area (Å²) in [6.45, 7) is 4.04. The first-order chi connectivity index (χ1) is 9.65. The molecule has 3 rings (SSSR count). The number of aryl methyl sites for hydroxylation is 1. The molecule has 20 heavy (non-hydrogen) atoms. The molecule has 1 unspecified atom stereocenters. The Kier molecular flexibility index (Phi) is 3.40. The van der Waals surface area contributed by atoms with E-state index >= 15 is 0 Å². The highest BCUT2D eigenvalue weighted by atomic mass is 32.1. The maximum Gasteiger partial charge on any atom is 0.251 e. The van der Waals surface area contributed by atoms with Crippen molar-refractivity contribution in [3.8, 4) is 0 Å². The number of carbonyl (C=O) groups excluding carboxylic acids is 1. The summed E-state index contributed by atoms with van der Waals surface area (Å²) in [5.74, 6) is 0.0214. The van der Waals surface area contributed by atoms with Crippen molar-refractivity contribution in [2.24, 2.45) is 0 Å². The summed E-state index contributed by atoms with van der Waals surface area (Å²) in [5.41, 5.74) is 3.12. The number of nitrogens with zero attached hydrogens (tertiary/aromatic N) is 2. The van der Waals surface area contributed by atoms with Crippen LogP contribution in [0.3, 0.4) is 0 Å². The third-order valence-electron chi connectivity index (χ3n) is 3.48. The number of hydrogen-bond donors (Lipinski definition) is 0. The quantitative estimate of drug-likeness (QED) is 0.791. The molecule has 0 saturated carbocycles. The largest absolute Gasteiger partial charge is 0.305 e. The number of rotatable bonds is 2. The highest BCUT2D eigenvalue weighted by Gasteiger charge is 2.29. The molecule has 2 heterocycles. The van der Waals surface area contributed by atoms with E-state index in [4.69, 9.17) is 0 Å². The van der Waals surface area contributed by atoms with E-state index < -0.39 is 0 Å². The van der Waals surface area contributed by atoms with Crippen LogP contribution in [-0.4, -0.2) is 16.9 Å². The molecule has 1 aromatic heterocycles. The number of fused-ring (bicyclic) bond motifs is 1. The number of hydrogen-bond acceptors (Lipinski definition) is 3. The minimum atomic E-state index is 0.0214. The maximum absolute atomic E-state index is 12.4. The average molecular weight is 284 g/mol.